The van der Waals surface area contributed by atoms with Crippen LogP contribution in [0.2, 0.25) is 0 Å². The summed E-state index contributed by atoms with van der Waals surface area (Å²) in [5, 5.41) is 3.78. The molecular formula is C36H50FN3O7. The standard InChI is InChI=1S/C36H50FN3O7/c1-44-27-10-7-22(8-11-27)29-13-14-40(35(42)24-5-3-23(4-6-24)30(38)19-37)33(29)34(41)39-26-9-12-31-25(17-26)18-32(47-31)36(43)46-20-21-15-28(16-21)45-2/h9,12,17-18,21-24,27-30,33H,3-8,10-11,13-16,19-20,38H2,1-2H3,(H,39,41)/t21?,22?,23?,24?,27?,28?,29-,30+,33-/m0/s1. The molecule has 0 spiro atoms. The van der Waals surface area contributed by atoms with E-state index in [1.54, 1.807) is 38.5 Å². The second-order valence-corrected chi connectivity index (χ2v) is 14.3. The molecule has 0 unspecified atom stereocenters. The summed E-state index contributed by atoms with van der Waals surface area (Å²) in [5.74, 6) is 0.0384. The van der Waals surface area contributed by atoms with Gasteiger partial charge in [-0.25, -0.2) is 9.18 Å². The van der Waals surface area contributed by atoms with E-state index in [1.807, 2.05) is 4.90 Å². The maximum Gasteiger partial charge on any atom is 0.374 e. The molecule has 0 radical (unpaired) electrons. The third kappa shape index (κ3) is 7.52. The summed E-state index contributed by atoms with van der Waals surface area (Å²) in [7, 11) is 3.44. The summed E-state index contributed by atoms with van der Waals surface area (Å²) < 4.78 is 35.3. The van der Waals surface area contributed by atoms with Crippen LogP contribution in [-0.2, 0) is 23.8 Å². The van der Waals surface area contributed by atoms with Crippen LogP contribution in [0.4, 0.5) is 10.1 Å². The maximum absolute atomic E-state index is 14.1. The number of furan rings is 1. The van der Waals surface area contributed by atoms with Crippen molar-refractivity contribution in [2.45, 2.75) is 94.9 Å². The zero-order valence-electron chi connectivity index (χ0n) is 27.7. The van der Waals surface area contributed by atoms with Gasteiger partial charge in [0.1, 0.15) is 18.3 Å². The van der Waals surface area contributed by atoms with Crippen LogP contribution in [0.15, 0.2) is 28.7 Å². The zero-order chi connectivity index (χ0) is 33.1. The zero-order valence-corrected chi connectivity index (χ0v) is 27.7. The number of alkyl halides is 1. The molecule has 4 fully saturated rings. The smallest absolute Gasteiger partial charge is 0.374 e. The fraction of sp³-hybridized carbons (Fsp3) is 0.694. The molecule has 47 heavy (non-hydrogen) atoms. The number of likely N-dealkylation sites (tertiary alicyclic amines) is 1. The molecule has 3 atom stereocenters. The Morgan fingerprint density at radius 2 is 1.70 bits per heavy atom. The first-order valence-electron chi connectivity index (χ1n) is 17.5. The predicted octanol–water partition coefficient (Wildman–Crippen LogP) is 5.48. The summed E-state index contributed by atoms with van der Waals surface area (Å²) in [6, 6.07) is 5.87. The number of benzene rings is 1. The number of nitrogens with zero attached hydrogens (tertiary/aromatic N) is 1. The van der Waals surface area contributed by atoms with Gasteiger partial charge < -0.3 is 34.6 Å². The number of fused-ring (bicyclic) bond motifs is 1. The van der Waals surface area contributed by atoms with E-state index in [0.29, 0.717) is 54.5 Å². The average Bonchev–Trinajstić information content (AvgIpc) is 3.72. The van der Waals surface area contributed by atoms with E-state index in [9.17, 15) is 18.8 Å². The van der Waals surface area contributed by atoms with Gasteiger partial charge in [0, 0.05) is 43.8 Å². The number of methoxy groups -OCH3 is 2. The van der Waals surface area contributed by atoms with E-state index in [0.717, 1.165) is 57.8 Å². The Bertz CT molecular complexity index is 1390. The van der Waals surface area contributed by atoms with Crippen molar-refractivity contribution in [3.05, 3.63) is 30.0 Å². The topological polar surface area (TPSA) is 133 Å². The minimum atomic E-state index is -0.577. The van der Waals surface area contributed by atoms with Crippen molar-refractivity contribution in [1.29, 1.82) is 0 Å². The number of halogens is 1. The number of hydrogen-bond donors (Lipinski definition) is 2. The minimum Gasteiger partial charge on any atom is -0.460 e. The summed E-state index contributed by atoms with van der Waals surface area (Å²) >= 11 is 0. The van der Waals surface area contributed by atoms with Crippen LogP contribution in [0.25, 0.3) is 11.0 Å². The third-order valence-corrected chi connectivity index (χ3v) is 11.5. The van der Waals surface area contributed by atoms with E-state index in [2.05, 4.69) is 5.32 Å². The number of nitrogens with one attached hydrogen (secondary N) is 1. The Balaban J connectivity index is 1.14. The van der Waals surface area contributed by atoms with Gasteiger partial charge >= 0.3 is 5.97 Å². The van der Waals surface area contributed by atoms with Crippen LogP contribution < -0.4 is 11.1 Å². The fourth-order valence-electron chi connectivity index (χ4n) is 8.51. The molecule has 258 valence electrons. The second-order valence-electron chi connectivity index (χ2n) is 14.3. The molecular weight excluding hydrogens is 605 g/mol. The Labute approximate surface area is 276 Å². The van der Waals surface area contributed by atoms with Crippen LogP contribution in [-0.4, -0.2) is 81.0 Å². The number of carbonyl (C=O) groups is 3. The van der Waals surface area contributed by atoms with E-state index in [1.165, 1.54) is 0 Å². The predicted molar refractivity (Wildman–Crippen MR) is 174 cm³/mol. The molecule has 2 amide bonds. The highest BCUT2D eigenvalue weighted by molar-refractivity contribution is 6.00. The van der Waals surface area contributed by atoms with Gasteiger partial charge in [-0.2, -0.15) is 0 Å². The molecule has 3 aliphatic carbocycles. The van der Waals surface area contributed by atoms with E-state index >= 15 is 0 Å². The summed E-state index contributed by atoms with van der Waals surface area (Å²) in [4.78, 5) is 42.6. The highest BCUT2D eigenvalue weighted by atomic mass is 19.1. The number of amides is 2. The Kier molecular flexibility index (Phi) is 10.8. The molecule has 3 saturated carbocycles. The van der Waals surface area contributed by atoms with Crippen LogP contribution in [0.1, 0.15) is 81.2 Å². The van der Waals surface area contributed by atoms with Crippen molar-refractivity contribution in [2.24, 2.45) is 35.3 Å². The first kappa shape index (κ1) is 33.9. The molecule has 2 heterocycles. The Morgan fingerprint density at radius 1 is 0.979 bits per heavy atom. The van der Waals surface area contributed by atoms with E-state index < -0.39 is 24.7 Å². The Hall–Kier alpha value is -3.02. The quantitative estimate of drug-likeness (QED) is 0.304. The fourth-order valence-corrected chi connectivity index (χ4v) is 8.51. The van der Waals surface area contributed by atoms with Crippen molar-refractivity contribution < 1.29 is 37.4 Å². The van der Waals surface area contributed by atoms with Gasteiger partial charge in [-0.3, -0.25) is 9.59 Å². The van der Waals surface area contributed by atoms with Crippen LogP contribution in [0, 0.1) is 29.6 Å². The van der Waals surface area contributed by atoms with Crippen LogP contribution in [0.3, 0.4) is 0 Å². The molecule has 3 N–H and O–H groups in total. The van der Waals surface area contributed by atoms with Gasteiger partial charge in [-0.15, -0.1) is 0 Å². The van der Waals surface area contributed by atoms with Crippen molar-refractivity contribution in [1.82, 2.24) is 4.90 Å². The van der Waals surface area contributed by atoms with Crippen molar-refractivity contribution in [3.8, 4) is 0 Å². The normalized spacial score (nSPS) is 31.7. The molecule has 6 rings (SSSR count). The van der Waals surface area contributed by atoms with Crippen molar-refractivity contribution >= 4 is 34.4 Å². The molecule has 2 aromatic rings. The van der Waals surface area contributed by atoms with Gasteiger partial charge in [0.2, 0.25) is 17.6 Å². The number of esters is 1. The number of anilines is 1. The molecule has 11 heteroatoms. The average molecular weight is 656 g/mol. The van der Waals surface area contributed by atoms with Gasteiger partial charge in [-0.05, 0) is 119 Å². The SMILES string of the molecule is COC1CCC([C@@H]2CCN(C(=O)C3CCC([C@H](N)CF)CC3)[C@@H]2C(=O)Nc2ccc3oc(C(=O)OCC4CC(OC)C4)cc3c2)CC1. The molecule has 1 aliphatic heterocycles. The first-order chi connectivity index (χ1) is 22.8. The van der Waals surface area contributed by atoms with Gasteiger partial charge in [0.05, 0.1) is 18.8 Å². The van der Waals surface area contributed by atoms with Crippen molar-refractivity contribution in [2.75, 3.05) is 39.4 Å². The third-order valence-electron chi connectivity index (χ3n) is 11.5. The summed E-state index contributed by atoms with van der Waals surface area (Å²) in [6.45, 7) is 0.334. The van der Waals surface area contributed by atoms with Crippen LogP contribution >= 0.6 is 0 Å². The highest BCUT2D eigenvalue weighted by Gasteiger charge is 2.47. The Morgan fingerprint density at radius 3 is 2.38 bits per heavy atom. The van der Waals surface area contributed by atoms with Gasteiger partial charge in [0.25, 0.3) is 0 Å². The molecule has 10 nitrogen and oxygen atoms in total. The largest absolute Gasteiger partial charge is 0.460 e. The number of carbonyl (C=O) groups excluding carboxylic acids is 3. The lowest BCUT2D eigenvalue weighted by molar-refractivity contribution is -0.142. The van der Waals surface area contributed by atoms with Gasteiger partial charge in [-0.1, -0.05) is 0 Å². The monoisotopic (exact) mass is 655 g/mol. The first-order valence-corrected chi connectivity index (χ1v) is 17.5. The molecule has 1 saturated heterocycles. The number of ether oxygens (including phenoxy) is 3. The molecule has 4 aliphatic rings. The van der Waals surface area contributed by atoms with E-state index in [4.69, 9.17) is 24.4 Å². The van der Waals surface area contributed by atoms with Crippen LogP contribution in [0.5, 0.6) is 0 Å². The lowest BCUT2D eigenvalue weighted by atomic mass is 9.75. The number of nitrogens with two attached hydrogens (primary N) is 1. The number of rotatable bonds is 11. The van der Waals surface area contributed by atoms with Gasteiger partial charge in [0.15, 0.2) is 0 Å². The summed E-state index contributed by atoms with van der Waals surface area (Å²) in [6.07, 6.45) is 9.66. The summed E-state index contributed by atoms with van der Waals surface area (Å²) in [5.41, 5.74) is 7.07. The minimum absolute atomic E-state index is 0.0265. The number of hydrogen-bond acceptors (Lipinski definition) is 8. The van der Waals surface area contributed by atoms with Crippen molar-refractivity contribution in [3.63, 3.8) is 0 Å². The molecule has 0 bridgehead atoms. The maximum atomic E-state index is 14.1. The molecule has 1 aromatic carbocycles. The van der Waals surface area contributed by atoms with E-state index in [-0.39, 0.29) is 47.5 Å². The lowest BCUT2D eigenvalue weighted by Crippen LogP contribution is -2.50. The lowest BCUT2D eigenvalue weighted by Gasteiger charge is -2.37. The second kappa shape index (κ2) is 15.0. The molecule has 1 aromatic heterocycles. The highest BCUT2D eigenvalue weighted by Crippen LogP contribution is 2.42.